The van der Waals surface area contributed by atoms with Gasteiger partial charge in [0.15, 0.2) is 0 Å². The summed E-state index contributed by atoms with van der Waals surface area (Å²) in [4.78, 5) is 5.23. The van der Waals surface area contributed by atoms with Crippen LogP contribution in [-0.4, -0.2) is 9.55 Å². The van der Waals surface area contributed by atoms with Crippen LogP contribution in [0.25, 0.3) is 83.1 Å². The third kappa shape index (κ3) is 3.87. The molecule has 206 valence electrons. The number of imidazole rings is 1. The maximum Gasteiger partial charge on any atom is 0.145 e. The summed E-state index contributed by atoms with van der Waals surface area (Å²) in [5, 5.41) is 4.68. The van der Waals surface area contributed by atoms with Crippen LogP contribution in [0.15, 0.2) is 162 Å². The minimum absolute atomic E-state index is 0.895. The average Bonchev–Trinajstić information content (AvgIpc) is 3.67. The SMILES string of the molecule is c1ccc(-n2c(-c3cc(-c4cccc5ccccc45)cc(-c4cccc5c4oc4ccccc45)c3)nc3ccccc32)cc1. The number of rotatable bonds is 4. The Morgan fingerprint density at radius 1 is 0.477 bits per heavy atom. The molecule has 0 radical (unpaired) electrons. The van der Waals surface area contributed by atoms with Gasteiger partial charge in [0.2, 0.25) is 0 Å². The largest absolute Gasteiger partial charge is 0.455 e. The standard InChI is InChI=1S/C41H26N2O/c1-2-14-31(15-3-1)43-38-22-8-7-21-37(38)42-41(43)30-25-28(33-18-10-13-27-12-4-5-16-32(27)33)24-29(26-30)34-19-11-20-36-35-17-6-9-23-39(35)44-40(34)36/h1-26H. The van der Waals surface area contributed by atoms with E-state index in [9.17, 15) is 0 Å². The molecule has 9 aromatic rings. The highest BCUT2D eigenvalue weighted by Crippen LogP contribution is 2.41. The van der Waals surface area contributed by atoms with Crippen molar-refractivity contribution in [3.05, 3.63) is 158 Å². The summed E-state index contributed by atoms with van der Waals surface area (Å²) in [5.74, 6) is 0.900. The Kier molecular flexibility index (Phi) is 5.50. The summed E-state index contributed by atoms with van der Waals surface area (Å²) >= 11 is 0. The smallest absolute Gasteiger partial charge is 0.145 e. The summed E-state index contributed by atoms with van der Waals surface area (Å²) in [6, 6.07) is 55.5. The topological polar surface area (TPSA) is 31.0 Å². The Labute approximate surface area is 254 Å². The lowest BCUT2D eigenvalue weighted by molar-refractivity contribution is 0.670. The number of para-hydroxylation sites is 5. The van der Waals surface area contributed by atoms with Gasteiger partial charge in [0.05, 0.1) is 11.0 Å². The molecule has 0 N–H and O–H groups in total. The number of aromatic nitrogens is 2. The van der Waals surface area contributed by atoms with E-state index >= 15 is 0 Å². The third-order valence-electron chi connectivity index (χ3n) is 8.58. The van der Waals surface area contributed by atoms with Crippen LogP contribution < -0.4 is 0 Å². The normalized spacial score (nSPS) is 11.6. The van der Waals surface area contributed by atoms with Gasteiger partial charge in [0, 0.05) is 27.6 Å². The Morgan fingerprint density at radius 3 is 2.02 bits per heavy atom. The second kappa shape index (κ2) is 9.82. The van der Waals surface area contributed by atoms with Crippen molar-refractivity contribution >= 4 is 43.7 Å². The maximum absolute atomic E-state index is 6.52. The Hall–Kier alpha value is -5.93. The zero-order valence-corrected chi connectivity index (χ0v) is 23.8. The Bertz CT molecular complexity index is 2500. The monoisotopic (exact) mass is 562 g/mol. The van der Waals surface area contributed by atoms with Gasteiger partial charge < -0.3 is 4.42 Å². The van der Waals surface area contributed by atoms with Crippen molar-refractivity contribution in [2.24, 2.45) is 0 Å². The van der Waals surface area contributed by atoms with Crippen molar-refractivity contribution in [1.82, 2.24) is 9.55 Å². The molecule has 0 aliphatic rings. The van der Waals surface area contributed by atoms with Gasteiger partial charge >= 0.3 is 0 Å². The maximum atomic E-state index is 6.52. The lowest BCUT2D eigenvalue weighted by Gasteiger charge is -2.14. The van der Waals surface area contributed by atoms with E-state index in [1.165, 1.54) is 16.3 Å². The molecule has 0 atom stereocenters. The molecule has 2 heterocycles. The summed E-state index contributed by atoms with van der Waals surface area (Å²) in [5.41, 5.74) is 10.4. The highest BCUT2D eigenvalue weighted by molar-refractivity contribution is 6.10. The van der Waals surface area contributed by atoms with Gasteiger partial charge in [-0.3, -0.25) is 4.57 Å². The van der Waals surface area contributed by atoms with E-state index < -0.39 is 0 Å². The molecule has 44 heavy (non-hydrogen) atoms. The molecule has 0 saturated heterocycles. The molecule has 0 amide bonds. The molecule has 0 spiro atoms. The molecule has 2 aromatic heterocycles. The number of furan rings is 1. The van der Waals surface area contributed by atoms with E-state index in [0.717, 1.165) is 66.7 Å². The molecule has 0 saturated carbocycles. The second-order valence-electron chi connectivity index (χ2n) is 11.2. The lowest BCUT2D eigenvalue weighted by atomic mass is 9.92. The fourth-order valence-corrected chi connectivity index (χ4v) is 6.58. The van der Waals surface area contributed by atoms with E-state index in [4.69, 9.17) is 9.40 Å². The van der Waals surface area contributed by atoms with Gasteiger partial charge in [-0.2, -0.15) is 0 Å². The van der Waals surface area contributed by atoms with E-state index in [1.54, 1.807) is 0 Å². The zero-order valence-electron chi connectivity index (χ0n) is 23.8. The first-order valence-electron chi connectivity index (χ1n) is 14.9. The number of hydrogen-bond acceptors (Lipinski definition) is 2. The zero-order chi connectivity index (χ0) is 29.0. The molecule has 0 aliphatic carbocycles. The van der Waals surface area contributed by atoms with Gasteiger partial charge in [-0.25, -0.2) is 4.98 Å². The van der Waals surface area contributed by atoms with Crippen molar-refractivity contribution in [2.75, 3.05) is 0 Å². The fraction of sp³-hybridized carbons (Fsp3) is 0. The predicted molar refractivity (Wildman–Crippen MR) is 182 cm³/mol. The van der Waals surface area contributed by atoms with E-state index in [2.05, 4.69) is 150 Å². The van der Waals surface area contributed by atoms with Crippen LogP contribution in [0, 0.1) is 0 Å². The van der Waals surface area contributed by atoms with Crippen LogP contribution in [0.5, 0.6) is 0 Å². The lowest BCUT2D eigenvalue weighted by Crippen LogP contribution is -1.98. The summed E-state index contributed by atoms with van der Waals surface area (Å²) < 4.78 is 8.79. The van der Waals surface area contributed by atoms with E-state index in [1.807, 2.05) is 12.1 Å². The van der Waals surface area contributed by atoms with Gasteiger partial charge in [-0.15, -0.1) is 0 Å². The van der Waals surface area contributed by atoms with Crippen molar-refractivity contribution in [2.45, 2.75) is 0 Å². The van der Waals surface area contributed by atoms with Crippen molar-refractivity contribution in [3.63, 3.8) is 0 Å². The first kappa shape index (κ1) is 24.6. The molecule has 3 heteroatoms. The van der Waals surface area contributed by atoms with Gasteiger partial charge in [0.1, 0.15) is 17.0 Å². The highest BCUT2D eigenvalue weighted by atomic mass is 16.3. The van der Waals surface area contributed by atoms with Crippen molar-refractivity contribution < 1.29 is 4.42 Å². The van der Waals surface area contributed by atoms with Crippen LogP contribution in [0.1, 0.15) is 0 Å². The molecule has 3 nitrogen and oxygen atoms in total. The number of benzene rings is 7. The van der Waals surface area contributed by atoms with Gasteiger partial charge in [-0.1, -0.05) is 109 Å². The number of hydrogen-bond donors (Lipinski definition) is 0. The average molecular weight is 563 g/mol. The molecule has 0 bridgehead atoms. The van der Waals surface area contributed by atoms with E-state index in [-0.39, 0.29) is 0 Å². The molecular weight excluding hydrogens is 536 g/mol. The number of nitrogens with zero attached hydrogens (tertiary/aromatic N) is 2. The molecule has 0 aliphatic heterocycles. The highest BCUT2D eigenvalue weighted by Gasteiger charge is 2.19. The molecule has 7 aromatic carbocycles. The van der Waals surface area contributed by atoms with Crippen LogP contribution >= 0.6 is 0 Å². The molecule has 0 fully saturated rings. The van der Waals surface area contributed by atoms with Crippen LogP contribution in [-0.2, 0) is 0 Å². The Balaban J connectivity index is 1.37. The first-order valence-corrected chi connectivity index (χ1v) is 14.9. The van der Waals surface area contributed by atoms with Gasteiger partial charge in [0.25, 0.3) is 0 Å². The first-order chi connectivity index (χ1) is 21.8. The summed E-state index contributed by atoms with van der Waals surface area (Å²) in [6.45, 7) is 0. The van der Waals surface area contributed by atoms with Gasteiger partial charge in [-0.05, 0) is 76.0 Å². The van der Waals surface area contributed by atoms with Crippen molar-refractivity contribution in [3.8, 4) is 39.3 Å². The fourth-order valence-electron chi connectivity index (χ4n) is 6.58. The predicted octanol–water partition coefficient (Wildman–Crippen LogP) is 11.1. The third-order valence-corrected chi connectivity index (χ3v) is 8.58. The van der Waals surface area contributed by atoms with Crippen molar-refractivity contribution in [1.29, 1.82) is 0 Å². The van der Waals surface area contributed by atoms with Crippen LogP contribution in [0.4, 0.5) is 0 Å². The van der Waals surface area contributed by atoms with E-state index in [0.29, 0.717) is 0 Å². The number of fused-ring (bicyclic) bond motifs is 5. The molecule has 9 rings (SSSR count). The Morgan fingerprint density at radius 2 is 1.11 bits per heavy atom. The second-order valence-corrected chi connectivity index (χ2v) is 11.2. The van der Waals surface area contributed by atoms with Crippen LogP contribution in [0.2, 0.25) is 0 Å². The molecular formula is C41H26N2O. The quantitative estimate of drug-likeness (QED) is 0.214. The minimum Gasteiger partial charge on any atom is -0.455 e. The summed E-state index contributed by atoms with van der Waals surface area (Å²) in [7, 11) is 0. The van der Waals surface area contributed by atoms with Crippen LogP contribution in [0.3, 0.4) is 0 Å². The summed E-state index contributed by atoms with van der Waals surface area (Å²) in [6.07, 6.45) is 0. The minimum atomic E-state index is 0.895. The molecule has 0 unspecified atom stereocenters.